The molecule has 2 aromatic carbocycles. The maximum absolute atomic E-state index is 12.2. The van der Waals surface area contributed by atoms with Crippen LogP contribution in [0.3, 0.4) is 0 Å². The fourth-order valence-corrected chi connectivity index (χ4v) is 2.76. The number of amides is 1. The molecule has 3 heteroatoms. The number of rotatable bonds is 7. The van der Waals surface area contributed by atoms with E-state index in [1.54, 1.807) is 0 Å². The van der Waals surface area contributed by atoms with Crippen LogP contribution < -0.4 is 10.6 Å². The fraction of sp³-hybridized carbons (Fsp3) is 0.350. The maximum atomic E-state index is 12.2. The highest BCUT2D eigenvalue weighted by Crippen LogP contribution is 2.22. The van der Waals surface area contributed by atoms with Gasteiger partial charge in [0.05, 0.1) is 12.6 Å². The first-order valence-corrected chi connectivity index (χ1v) is 8.34. The zero-order valence-electron chi connectivity index (χ0n) is 14.2. The van der Waals surface area contributed by atoms with Crippen molar-refractivity contribution in [3.05, 3.63) is 65.2 Å². The Labute approximate surface area is 139 Å². The molecule has 0 saturated heterocycles. The quantitative estimate of drug-likeness (QED) is 0.808. The highest BCUT2D eigenvalue weighted by Gasteiger charge is 2.11. The molecule has 0 spiro atoms. The summed E-state index contributed by atoms with van der Waals surface area (Å²) in [5.41, 5.74) is 4.74. The van der Waals surface area contributed by atoms with E-state index in [1.807, 2.05) is 37.3 Å². The molecule has 122 valence electrons. The van der Waals surface area contributed by atoms with Crippen LogP contribution in [0.2, 0.25) is 0 Å². The molecule has 0 fully saturated rings. The average molecular weight is 310 g/mol. The third-order valence-electron chi connectivity index (χ3n) is 4.10. The van der Waals surface area contributed by atoms with Gasteiger partial charge >= 0.3 is 0 Å². The summed E-state index contributed by atoms with van der Waals surface area (Å²) >= 11 is 0. The molecule has 0 aliphatic rings. The molecule has 1 atom stereocenters. The first kappa shape index (κ1) is 17.1. The lowest BCUT2D eigenvalue weighted by Gasteiger charge is -2.17. The summed E-state index contributed by atoms with van der Waals surface area (Å²) in [6.07, 6.45) is 1.91. The smallest absolute Gasteiger partial charge is 0.239 e. The predicted octanol–water partition coefficient (Wildman–Crippen LogP) is 4.10. The fourth-order valence-electron chi connectivity index (χ4n) is 2.76. The van der Waals surface area contributed by atoms with Gasteiger partial charge in [-0.05, 0) is 36.5 Å². The minimum absolute atomic E-state index is 0.00862. The van der Waals surface area contributed by atoms with Gasteiger partial charge in [-0.3, -0.25) is 4.79 Å². The molecule has 0 aromatic heterocycles. The van der Waals surface area contributed by atoms with Crippen molar-refractivity contribution in [1.82, 2.24) is 5.32 Å². The van der Waals surface area contributed by atoms with Gasteiger partial charge in [0, 0.05) is 5.69 Å². The van der Waals surface area contributed by atoms with Crippen molar-refractivity contribution in [3.8, 4) is 0 Å². The van der Waals surface area contributed by atoms with Crippen LogP contribution in [-0.2, 0) is 17.6 Å². The Morgan fingerprint density at radius 3 is 2.13 bits per heavy atom. The van der Waals surface area contributed by atoms with Gasteiger partial charge in [-0.15, -0.1) is 0 Å². The molecule has 2 rings (SSSR count). The van der Waals surface area contributed by atoms with E-state index in [0.29, 0.717) is 6.54 Å². The van der Waals surface area contributed by atoms with Gasteiger partial charge < -0.3 is 10.6 Å². The van der Waals surface area contributed by atoms with Gasteiger partial charge in [-0.25, -0.2) is 0 Å². The van der Waals surface area contributed by atoms with Crippen LogP contribution in [0, 0.1) is 0 Å². The summed E-state index contributed by atoms with van der Waals surface area (Å²) in [4.78, 5) is 12.2. The van der Waals surface area contributed by atoms with E-state index in [2.05, 4.69) is 42.7 Å². The van der Waals surface area contributed by atoms with Crippen molar-refractivity contribution >= 4 is 11.6 Å². The SMILES string of the molecule is CCc1cccc(CC)c1NCC(=O)NC(C)c1ccccc1. The number of benzene rings is 2. The van der Waals surface area contributed by atoms with Crippen molar-refractivity contribution in [2.75, 3.05) is 11.9 Å². The van der Waals surface area contributed by atoms with Crippen LogP contribution in [0.15, 0.2) is 48.5 Å². The third-order valence-corrected chi connectivity index (χ3v) is 4.10. The van der Waals surface area contributed by atoms with Gasteiger partial charge in [-0.1, -0.05) is 62.4 Å². The lowest BCUT2D eigenvalue weighted by atomic mass is 10.0. The molecule has 0 aliphatic carbocycles. The normalized spacial score (nSPS) is 11.8. The molecule has 1 amide bonds. The summed E-state index contributed by atoms with van der Waals surface area (Å²) in [6.45, 7) is 6.57. The maximum Gasteiger partial charge on any atom is 0.239 e. The topological polar surface area (TPSA) is 41.1 Å². The Hall–Kier alpha value is -2.29. The van der Waals surface area contributed by atoms with Gasteiger partial charge in [0.1, 0.15) is 0 Å². The molecule has 0 aliphatic heterocycles. The Bertz CT molecular complexity index is 615. The van der Waals surface area contributed by atoms with Gasteiger partial charge in [-0.2, -0.15) is 0 Å². The molecule has 1 unspecified atom stereocenters. The number of para-hydroxylation sites is 1. The number of nitrogens with one attached hydrogen (secondary N) is 2. The van der Waals surface area contributed by atoms with E-state index >= 15 is 0 Å². The first-order chi connectivity index (χ1) is 11.2. The molecular formula is C20H26N2O. The molecule has 0 bridgehead atoms. The van der Waals surface area contributed by atoms with E-state index < -0.39 is 0 Å². The van der Waals surface area contributed by atoms with Crippen LogP contribution in [0.4, 0.5) is 5.69 Å². The van der Waals surface area contributed by atoms with E-state index in [0.717, 1.165) is 24.1 Å². The molecule has 23 heavy (non-hydrogen) atoms. The highest BCUT2D eigenvalue weighted by molar-refractivity contribution is 5.81. The van der Waals surface area contributed by atoms with Crippen molar-refractivity contribution in [2.45, 2.75) is 39.7 Å². The van der Waals surface area contributed by atoms with Crippen molar-refractivity contribution in [1.29, 1.82) is 0 Å². The summed E-state index contributed by atoms with van der Waals surface area (Å²) in [5.74, 6) is 0.00862. The van der Waals surface area contributed by atoms with Crippen LogP contribution in [-0.4, -0.2) is 12.5 Å². The monoisotopic (exact) mass is 310 g/mol. The predicted molar refractivity (Wildman–Crippen MR) is 96.7 cm³/mol. The number of anilines is 1. The second-order valence-corrected chi connectivity index (χ2v) is 5.71. The Morgan fingerprint density at radius 2 is 1.57 bits per heavy atom. The van der Waals surface area contributed by atoms with Gasteiger partial charge in [0.15, 0.2) is 0 Å². The first-order valence-electron chi connectivity index (χ1n) is 8.34. The van der Waals surface area contributed by atoms with E-state index in [9.17, 15) is 4.79 Å². The molecular weight excluding hydrogens is 284 g/mol. The van der Waals surface area contributed by atoms with Crippen molar-refractivity contribution in [3.63, 3.8) is 0 Å². The second kappa shape index (κ2) is 8.37. The van der Waals surface area contributed by atoms with E-state index in [1.165, 1.54) is 11.1 Å². The minimum atomic E-state index is 0.00862. The highest BCUT2D eigenvalue weighted by atomic mass is 16.1. The molecule has 0 saturated carbocycles. The molecule has 0 heterocycles. The van der Waals surface area contributed by atoms with Crippen molar-refractivity contribution < 1.29 is 4.79 Å². The van der Waals surface area contributed by atoms with E-state index in [-0.39, 0.29) is 11.9 Å². The van der Waals surface area contributed by atoms with Crippen molar-refractivity contribution in [2.24, 2.45) is 0 Å². The largest absolute Gasteiger partial charge is 0.376 e. The molecule has 0 radical (unpaired) electrons. The number of aryl methyl sites for hydroxylation is 2. The van der Waals surface area contributed by atoms with Crippen LogP contribution >= 0.6 is 0 Å². The lowest BCUT2D eigenvalue weighted by molar-refractivity contribution is -0.120. The third kappa shape index (κ3) is 4.59. The van der Waals surface area contributed by atoms with Crippen LogP contribution in [0.1, 0.15) is 43.5 Å². The van der Waals surface area contributed by atoms with Crippen LogP contribution in [0.25, 0.3) is 0 Å². The van der Waals surface area contributed by atoms with E-state index in [4.69, 9.17) is 0 Å². The standard InChI is InChI=1S/C20H26N2O/c1-4-16-12-9-13-17(5-2)20(16)21-14-19(23)22-15(3)18-10-7-6-8-11-18/h6-13,15,21H,4-5,14H2,1-3H3,(H,22,23). The Kier molecular flexibility index (Phi) is 6.21. The zero-order chi connectivity index (χ0) is 16.7. The average Bonchev–Trinajstić information content (AvgIpc) is 2.60. The van der Waals surface area contributed by atoms with Gasteiger partial charge in [0.25, 0.3) is 0 Å². The minimum Gasteiger partial charge on any atom is -0.376 e. The summed E-state index contributed by atoms with van der Waals surface area (Å²) in [6, 6.07) is 16.3. The molecule has 3 nitrogen and oxygen atoms in total. The summed E-state index contributed by atoms with van der Waals surface area (Å²) < 4.78 is 0. The number of carbonyl (C=O) groups excluding carboxylic acids is 1. The van der Waals surface area contributed by atoms with Crippen LogP contribution in [0.5, 0.6) is 0 Å². The molecule has 2 aromatic rings. The number of carbonyl (C=O) groups is 1. The zero-order valence-corrected chi connectivity index (χ0v) is 14.2. The Morgan fingerprint density at radius 1 is 0.957 bits per heavy atom. The second-order valence-electron chi connectivity index (χ2n) is 5.71. The Balaban J connectivity index is 1.97. The lowest BCUT2D eigenvalue weighted by Crippen LogP contribution is -2.32. The van der Waals surface area contributed by atoms with Gasteiger partial charge in [0.2, 0.25) is 5.91 Å². The summed E-state index contributed by atoms with van der Waals surface area (Å²) in [7, 11) is 0. The number of hydrogen-bond acceptors (Lipinski definition) is 2. The molecule has 2 N–H and O–H groups in total. The summed E-state index contributed by atoms with van der Waals surface area (Å²) in [5, 5.41) is 6.37. The number of hydrogen-bond donors (Lipinski definition) is 2.